The van der Waals surface area contributed by atoms with Gasteiger partial charge in [-0.05, 0) is 0 Å². The Labute approximate surface area is 79.3 Å². The number of carbonyl (C=O) groups excluding carboxylic acids is 1. The van der Waals surface area contributed by atoms with Gasteiger partial charge in [-0.25, -0.2) is 9.97 Å². The van der Waals surface area contributed by atoms with Gasteiger partial charge in [0, 0.05) is 0 Å². The van der Waals surface area contributed by atoms with Crippen molar-refractivity contribution in [2.24, 2.45) is 5.73 Å². The maximum Gasteiger partial charge on any atom is 0.236 e. The zero-order valence-electron chi connectivity index (χ0n) is 6.62. The average Bonchev–Trinajstić information content (AvgIpc) is 2.07. The number of primary amides is 1. The molecule has 0 bridgehead atoms. The van der Waals surface area contributed by atoms with Crippen LogP contribution in [0.4, 0.5) is 11.5 Å². The third kappa shape index (κ3) is 2.45. The Morgan fingerprint density at radius 2 is 2.31 bits per heavy atom. The van der Waals surface area contributed by atoms with Gasteiger partial charge in [0.15, 0.2) is 11.0 Å². The molecule has 0 spiro atoms. The van der Waals surface area contributed by atoms with Crippen molar-refractivity contribution in [2.75, 3.05) is 17.6 Å². The van der Waals surface area contributed by atoms with Crippen LogP contribution in [-0.2, 0) is 4.79 Å². The standard InChI is InChI=1S/C6H8ClN5O/c7-5-4(9)6(12-2-11-5)10-1-3(8)13/h2H,1,9H2,(H2,8,13)(H,10,11,12). The quantitative estimate of drug-likeness (QED) is 0.578. The first-order chi connectivity index (χ1) is 6.11. The summed E-state index contributed by atoms with van der Waals surface area (Å²) in [6.45, 7) is -0.0441. The third-order valence-electron chi connectivity index (χ3n) is 1.27. The number of hydrogen-bond donors (Lipinski definition) is 3. The van der Waals surface area contributed by atoms with E-state index in [9.17, 15) is 4.79 Å². The fourth-order valence-electron chi connectivity index (χ4n) is 0.686. The van der Waals surface area contributed by atoms with Crippen LogP contribution < -0.4 is 16.8 Å². The number of anilines is 2. The molecule has 1 aromatic heterocycles. The van der Waals surface area contributed by atoms with E-state index in [0.717, 1.165) is 0 Å². The summed E-state index contributed by atoms with van der Waals surface area (Å²) in [5.41, 5.74) is 10.6. The number of hydrogen-bond acceptors (Lipinski definition) is 5. The van der Waals surface area contributed by atoms with Crippen LogP contribution in [0.1, 0.15) is 0 Å². The third-order valence-corrected chi connectivity index (χ3v) is 1.57. The summed E-state index contributed by atoms with van der Waals surface area (Å²) < 4.78 is 0. The highest BCUT2D eigenvalue weighted by atomic mass is 35.5. The van der Waals surface area contributed by atoms with Crippen molar-refractivity contribution in [3.05, 3.63) is 11.5 Å². The molecule has 6 nitrogen and oxygen atoms in total. The van der Waals surface area contributed by atoms with Gasteiger partial charge in [0.2, 0.25) is 5.91 Å². The van der Waals surface area contributed by atoms with Crippen LogP contribution in [0.3, 0.4) is 0 Å². The number of nitrogens with one attached hydrogen (secondary N) is 1. The number of halogens is 1. The molecule has 0 atom stereocenters. The van der Waals surface area contributed by atoms with Crippen molar-refractivity contribution < 1.29 is 4.79 Å². The lowest BCUT2D eigenvalue weighted by Crippen LogP contribution is -2.22. The van der Waals surface area contributed by atoms with E-state index in [4.69, 9.17) is 23.1 Å². The summed E-state index contributed by atoms with van der Waals surface area (Å²) >= 11 is 5.60. The fraction of sp³-hybridized carbons (Fsp3) is 0.167. The highest BCUT2D eigenvalue weighted by Gasteiger charge is 2.05. The highest BCUT2D eigenvalue weighted by molar-refractivity contribution is 6.32. The Morgan fingerprint density at radius 3 is 2.92 bits per heavy atom. The van der Waals surface area contributed by atoms with E-state index < -0.39 is 5.91 Å². The number of nitrogen functional groups attached to an aromatic ring is 1. The highest BCUT2D eigenvalue weighted by Crippen LogP contribution is 2.21. The zero-order chi connectivity index (χ0) is 9.84. The van der Waals surface area contributed by atoms with E-state index in [0.29, 0.717) is 5.82 Å². The van der Waals surface area contributed by atoms with E-state index in [1.165, 1.54) is 6.33 Å². The van der Waals surface area contributed by atoms with Crippen LogP contribution in [0.15, 0.2) is 6.33 Å². The molecule has 1 aromatic rings. The molecule has 0 saturated heterocycles. The lowest BCUT2D eigenvalue weighted by molar-refractivity contribution is -0.116. The number of rotatable bonds is 3. The maximum absolute atomic E-state index is 10.4. The van der Waals surface area contributed by atoms with Gasteiger partial charge < -0.3 is 16.8 Å². The van der Waals surface area contributed by atoms with Gasteiger partial charge in [0.1, 0.15) is 12.0 Å². The van der Waals surface area contributed by atoms with E-state index >= 15 is 0 Å². The van der Waals surface area contributed by atoms with Gasteiger partial charge in [0.25, 0.3) is 0 Å². The molecule has 1 amide bonds. The molecule has 0 aliphatic heterocycles. The van der Waals surface area contributed by atoms with Gasteiger partial charge in [-0.1, -0.05) is 11.6 Å². The van der Waals surface area contributed by atoms with E-state index in [2.05, 4.69) is 15.3 Å². The Hall–Kier alpha value is -1.56. The smallest absolute Gasteiger partial charge is 0.236 e. The van der Waals surface area contributed by atoms with E-state index in [-0.39, 0.29) is 17.4 Å². The first-order valence-corrected chi connectivity index (χ1v) is 3.77. The SMILES string of the molecule is NC(=O)CNc1ncnc(Cl)c1N. The topological polar surface area (TPSA) is 107 Å². The predicted octanol–water partition coefficient (Wildman–Crippen LogP) is -0.391. The molecule has 13 heavy (non-hydrogen) atoms. The molecule has 7 heteroatoms. The minimum Gasteiger partial charge on any atom is -0.393 e. The molecule has 0 unspecified atom stereocenters. The van der Waals surface area contributed by atoms with Crippen LogP contribution in [-0.4, -0.2) is 22.4 Å². The molecule has 0 radical (unpaired) electrons. The molecular formula is C6H8ClN5O. The Kier molecular flexibility index (Phi) is 2.86. The van der Waals surface area contributed by atoms with Gasteiger partial charge in [0.05, 0.1) is 6.54 Å². The van der Waals surface area contributed by atoms with Crippen LogP contribution in [0.5, 0.6) is 0 Å². The average molecular weight is 202 g/mol. The summed E-state index contributed by atoms with van der Waals surface area (Å²) in [5, 5.41) is 2.76. The summed E-state index contributed by atoms with van der Waals surface area (Å²) in [6.07, 6.45) is 1.24. The zero-order valence-corrected chi connectivity index (χ0v) is 7.38. The van der Waals surface area contributed by atoms with Crippen LogP contribution in [0.2, 0.25) is 5.15 Å². The first kappa shape index (κ1) is 9.53. The van der Waals surface area contributed by atoms with Crippen molar-refractivity contribution in [3.63, 3.8) is 0 Å². The van der Waals surface area contributed by atoms with Gasteiger partial charge in [-0.15, -0.1) is 0 Å². The Morgan fingerprint density at radius 1 is 1.62 bits per heavy atom. The molecular weight excluding hydrogens is 194 g/mol. The summed E-state index contributed by atoms with van der Waals surface area (Å²) in [6, 6.07) is 0. The molecule has 1 rings (SSSR count). The van der Waals surface area contributed by atoms with Crippen molar-refractivity contribution in [1.82, 2.24) is 9.97 Å². The molecule has 70 valence electrons. The van der Waals surface area contributed by atoms with E-state index in [1.54, 1.807) is 0 Å². The second kappa shape index (κ2) is 3.90. The monoisotopic (exact) mass is 201 g/mol. The maximum atomic E-state index is 10.4. The van der Waals surface area contributed by atoms with Gasteiger partial charge in [-0.3, -0.25) is 4.79 Å². The lowest BCUT2D eigenvalue weighted by Gasteiger charge is -2.05. The molecule has 5 N–H and O–H groups in total. The predicted molar refractivity (Wildman–Crippen MR) is 49.1 cm³/mol. The summed E-state index contributed by atoms with van der Waals surface area (Å²) in [5.74, 6) is -0.201. The number of nitrogens with zero attached hydrogens (tertiary/aromatic N) is 2. The first-order valence-electron chi connectivity index (χ1n) is 3.39. The Bertz CT molecular complexity index is 329. The minimum absolute atomic E-state index is 0.0441. The molecule has 0 saturated carbocycles. The van der Waals surface area contributed by atoms with Crippen LogP contribution in [0.25, 0.3) is 0 Å². The van der Waals surface area contributed by atoms with Crippen molar-refractivity contribution in [2.45, 2.75) is 0 Å². The number of carbonyl (C=O) groups is 1. The number of nitrogens with two attached hydrogens (primary N) is 2. The lowest BCUT2D eigenvalue weighted by atomic mass is 10.4. The van der Waals surface area contributed by atoms with Crippen molar-refractivity contribution in [1.29, 1.82) is 0 Å². The molecule has 0 aromatic carbocycles. The second-order valence-electron chi connectivity index (χ2n) is 2.25. The summed E-state index contributed by atoms with van der Waals surface area (Å²) in [7, 11) is 0. The molecule has 0 fully saturated rings. The van der Waals surface area contributed by atoms with Crippen molar-refractivity contribution in [3.8, 4) is 0 Å². The van der Waals surface area contributed by atoms with Crippen LogP contribution in [0, 0.1) is 0 Å². The minimum atomic E-state index is -0.505. The number of amides is 1. The molecule has 1 heterocycles. The van der Waals surface area contributed by atoms with Gasteiger partial charge in [-0.2, -0.15) is 0 Å². The molecule has 0 aliphatic carbocycles. The number of aromatic nitrogens is 2. The van der Waals surface area contributed by atoms with Gasteiger partial charge >= 0.3 is 0 Å². The van der Waals surface area contributed by atoms with E-state index in [1.807, 2.05) is 0 Å². The largest absolute Gasteiger partial charge is 0.393 e. The van der Waals surface area contributed by atoms with Crippen molar-refractivity contribution >= 4 is 29.0 Å². The fourth-order valence-corrected chi connectivity index (χ4v) is 0.819. The summed E-state index contributed by atoms with van der Waals surface area (Å²) in [4.78, 5) is 17.8. The normalized spacial score (nSPS) is 9.62. The molecule has 0 aliphatic rings. The Balaban J connectivity index is 2.77. The second-order valence-corrected chi connectivity index (χ2v) is 2.60. The van der Waals surface area contributed by atoms with Crippen LogP contribution >= 0.6 is 11.6 Å².